The van der Waals surface area contributed by atoms with Crippen LogP contribution in [0.15, 0.2) is 78.9 Å². The summed E-state index contributed by atoms with van der Waals surface area (Å²) in [6.07, 6.45) is 1.28. The maximum absolute atomic E-state index is 12.3. The third-order valence-electron chi connectivity index (χ3n) is 4.16. The van der Waals surface area contributed by atoms with E-state index in [1.54, 1.807) is 0 Å². The highest BCUT2D eigenvalue weighted by atomic mass is 35.5. The van der Waals surface area contributed by atoms with Gasteiger partial charge in [-0.1, -0.05) is 54.1 Å². The SMILES string of the molecule is O=C(CCNCCc1ccc(Cl)cc1)Nc1ccccc1Oc1ccccc1. The molecular weight excluding hydrogens is 372 g/mol. The second-order valence-electron chi connectivity index (χ2n) is 6.34. The van der Waals surface area contributed by atoms with E-state index in [-0.39, 0.29) is 5.91 Å². The first kappa shape index (κ1) is 19.9. The van der Waals surface area contributed by atoms with Gasteiger partial charge in [0.15, 0.2) is 5.75 Å². The van der Waals surface area contributed by atoms with Gasteiger partial charge in [-0.3, -0.25) is 4.79 Å². The van der Waals surface area contributed by atoms with Crippen molar-refractivity contribution in [1.82, 2.24) is 5.32 Å². The highest BCUT2D eigenvalue weighted by Gasteiger charge is 2.08. The van der Waals surface area contributed by atoms with E-state index in [0.29, 0.717) is 24.4 Å². The minimum absolute atomic E-state index is 0.0527. The molecule has 3 aromatic rings. The number of carbonyl (C=O) groups excluding carboxylic acids is 1. The van der Waals surface area contributed by atoms with Crippen molar-refractivity contribution in [2.45, 2.75) is 12.8 Å². The summed E-state index contributed by atoms with van der Waals surface area (Å²) in [5, 5.41) is 6.96. The van der Waals surface area contributed by atoms with Crippen molar-refractivity contribution in [2.24, 2.45) is 0 Å². The third-order valence-corrected chi connectivity index (χ3v) is 4.42. The maximum atomic E-state index is 12.3. The van der Waals surface area contributed by atoms with E-state index >= 15 is 0 Å². The Morgan fingerprint density at radius 2 is 1.57 bits per heavy atom. The minimum atomic E-state index is -0.0527. The van der Waals surface area contributed by atoms with Crippen molar-refractivity contribution in [3.63, 3.8) is 0 Å². The van der Waals surface area contributed by atoms with Crippen LogP contribution in [0, 0.1) is 0 Å². The van der Waals surface area contributed by atoms with Crippen LogP contribution in [-0.4, -0.2) is 19.0 Å². The summed E-state index contributed by atoms with van der Waals surface area (Å²) < 4.78 is 5.87. The number of para-hydroxylation sites is 3. The van der Waals surface area contributed by atoms with E-state index < -0.39 is 0 Å². The maximum Gasteiger partial charge on any atom is 0.225 e. The van der Waals surface area contributed by atoms with Crippen LogP contribution in [-0.2, 0) is 11.2 Å². The van der Waals surface area contributed by atoms with Gasteiger partial charge in [-0.2, -0.15) is 0 Å². The van der Waals surface area contributed by atoms with Gasteiger partial charge < -0.3 is 15.4 Å². The number of rotatable bonds is 9. The lowest BCUT2D eigenvalue weighted by molar-refractivity contribution is -0.116. The summed E-state index contributed by atoms with van der Waals surface area (Å²) in [5.74, 6) is 1.30. The molecule has 4 nitrogen and oxygen atoms in total. The summed E-state index contributed by atoms with van der Waals surface area (Å²) in [7, 11) is 0. The number of hydrogen-bond donors (Lipinski definition) is 2. The van der Waals surface area contributed by atoms with Gasteiger partial charge in [-0.15, -0.1) is 0 Å². The number of amides is 1. The van der Waals surface area contributed by atoms with Gasteiger partial charge in [0.25, 0.3) is 0 Å². The molecule has 0 aromatic heterocycles. The van der Waals surface area contributed by atoms with Crippen LogP contribution < -0.4 is 15.4 Å². The van der Waals surface area contributed by atoms with Gasteiger partial charge in [-0.25, -0.2) is 0 Å². The molecule has 5 heteroatoms. The molecule has 144 valence electrons. The predicted octanol–water partition coefficient (Wildman–Crippen LogP) is 5.29. The zero-order valence-corrected chi connectivity index (χ0v) is 16.3. The molecule has 0 atom stereocenters. The molecule has 0 spiro atoms. The quantitative estimate of drug-likeness (QED) is 0.484. The highest BCUT2D eigenvalue weighted by Crippen LogP contribution is 2.29. The van der Waals surface area contributed by atoms with E-state index in [9.17, 15) is 4.79 Å². The summed E-state index contributed by atoms with van der Waals surface area (Å²) >= 11 is 5.88. The Morgan fingerprint density at radius 1 is 0.857 bits per heavy atom. The standard InChI is InChI=1S/C23H23ClN2O2/c24-19-12-10-18(11-13-19)14-16-25-17-15-23(27)26-21-8-4-5-9-22(21)28-20-6-2-1-3-7-20/h1-13,25H,14-17H2,(H,26,27). The molecular formula is C23H23ClN2O2. The zero-order chi connectivity index (χ0) is 19.6. The Kier molecular flexibility index (Phi) is 7.47. The molecule has 0 bridgehead atoms. The van der Waals surface area contributed by atoms with Crippen LogP contribution in [0.4, 0.5) is 5.69 Å². The Balaban J connectivity index is 1.43. The molecule has 0 heterocycles. The molecule has 3 aromatic carbocycles. The molecule has 2 N–H and O–H groups in total. The Hall–Kier alpha value is -2.82. The smallest absolute Gasteiger partial charge is 0.225 e. The van der Waals surface area contributed by atoms with Crippen molar-refractivity contribution in [3.8, 4) is 11.5 Å². The minimum Gasteiger partial charge on any atom is -0.455 e. The number of hydrogen-bond acceptors (Lipinski definition) is 3. The van der Waals surface area contributed by atoms with E-state index in [2.05, 4.69) is 10.6 Å². The Labute approximate surface area is 170 Å². The van der Waals surface area contributed by atoms with Crippen LogP contribution in [0.2, 0.25) is 5.02 Å². The fourth-order valence-corrected chi connectivity index (χ4v) is 2.82. The summed E-state index contributed by atoms with van der Waals surface area (Å²) in [4.78, 5) is 12.3. The average molecular weight is 395 g/mol. The van der Waals surface area contributed by atoms with Crippen LogP contribution in [0.3, 0.4) is 0 Å². The normalized spacial score (nSPS) is 10.5. The molecule has 0 aliphatic rings. The summed E-state index contributed by atoms with van der Waals surface area (Å²) in [6, 6.07) is 24.7. The zero-order valence-electron chi connectivity index (χ0n) is 15.5. The lowest BCUT2D eigenvalue weighted by Gasteiger charge is -2.12. The van der Waals surface area contributed by atoms with Gasteiger partial charge in [0, 0.05) is 18.0 Å². The average Bonchev–Trinajstić information content (AvgIpc) is 2.71. The molecule has 0 aliphatic heterocycles. The van der Waals surface area contributed by atoms with Crippen LogP contribution in [0.1, 0.15) is 12.0 Å². The van der Waals surface area contributed by atoms with Crippen molar-refractivity contribution in [1.29, 1.82) is 0 Å². The van der Waals surface area contributed by atoms with Gasteiger partial charge in [0.05, 0.1) is 5.69 Å². The molecule has 28 heavy (non-hydrogen) atoms. The number of nitrogens with one attached hydrogen (secondary N) is 2. The van der Waals surface area contributed by atoms with E-state index in [1.807, 2.05) is 78.9 Å². The Morgan fingerprint density at radius 3 is 2.36 bits per heavy atom. The predicted molar refractivity (Wildman–Crippen MR) is 114 cm³/mol. The molecule has 1 amide bonds. The second-order valence-corrected chi connectivity index (χ2v) is 6.77. The van der Waals surface area contributed by atoms with Gasteiger partial charge in [0.2, 0.25) is 5.91 Å². The molecule has 0 saturated carbocycles. The fourth-order valence-electron chi connectivity index (χ4n) is 2.70. The largest absolute Gasteiger partial charge is 0.455 e. The topological polar surface area (TPSA) is 50.4 Å². The van der Waals surface area contributed by atoms with Crippen molar-refractivity contribution in [3.05, 3.63) is 89.4 Å². The van der Waals surface area contributed by atoms with E-state index in [0.717, 1.165) is 23.7 Å². The Bertz CT molecular complexity index is 883. The lowest BCUT2D eigenvalue weighted by Crippen LogP contribution is -2.23. The molecule has 0 aliphatic carbocycles. The van der Waals surface area contributed by atoms with Crippen molar-refractivity contribution < 1.29 is 9.53 Å². The molecule has 3 rings (SSSR count). The van der Waals surface area contributed by atoms with Crippen molar-refractivity contribution in [2.75, 3.05) is 18.4 Å². The third kappa shape index (κ3) is 6.41. The molecule has 0 saturated heterocycles. The van der Waals surface area contributed by atoms with Crippen LogP contribution in [0.25, 0.3) is 0 Å². The van der Waals surface area contributed by atoms with E-state index in [4.69, 9.17) is 16.3 Å². The highest BCUT2D eigenvalue weighted by molar-refractivity contribution is 6.30. The van der Waals surface area contributed by atoms with Crippen molar-refractivity contribution >= 4 is 23.2 Å². The van der Waals surface area contributed by atoms with Crippen LogP contribution >= 0.6 is 11.6 Å². The number of carbonyl (C=O) groups is 1. The molecule has 0 unspecified atom stereocenters. The lowest BCUT2D eigenvalue weighted by atomic mass is 10.1. The van der Waals surface area contributed by atoms with Crippen LogP contribution in [0.5, 0.6) is 11.5 Å². The van der Waals surface area contributed by atoms with Gasteiger partial charge in [-0.05, 0) is 54.9 Å². The monoisotopic (exact) mass is 394 g/mol. The molecule has 0 radical (unpaired) electrons. The summed E-state index contributed by atoms with van der Waals surface area (Å²) in [6.45, 7) is 1.42. The summed E-state index contributed by atoms with van der Waals surface area (Å²) in [5.41, 5.74) is 1.88. The number of anilines is 1. The first-order valence-electron chi connectivity index (χ1n) is 9.27. The second kappa shape index (κ2) is 10.5. The number of ether oxygens (including phenoxy) is 1. The first-order valence-corrected chi connectivity index (χ1v) is 9.65. The van der Waals surface area contributed by atoms with E-state index in [1.165, 1.54) is 5.56 Å². The van der Waals surface area contributed by atoms with Gasteiger partial charge in [0.1, 0.15) is 5.75 Å². The fraction of sp³-hybridized carbons (Fsp3) is 0.174. The number of benzene rings is 3. The first-order chi connectivity index (χ1) is 13.7. The molecule has 0 fully saturated rings. The van der Waals surface area contributed by atoms with Gasteiger partial charge >= 0.3 is 0 Å². The number of halogens is 1.